The van der Waals surface area contributed by atoms with Crippen molar-refractivity contribution in [2.75, 3.05) is 21.2 Å². The molecule has 0 saturated carbocycles. The number of rotatable bonds is 9. The first-order valence-corrected chi connectivity index (χ1v) is 16.2. The van der Waals surface area contributed by atoms with Crippen LogP contribution in [0.2, 0.25) is 0 Å². The van der Waals surface area contributed by atoms with Gasteiger partial charge in [0.15, 0.2) is 6.10 Å². The minimum absolute atomic E-state index is 0.141. The minimum Gasteiger partial charge on any atom is -0.497 e. The quantitative estimate of drug-likeness (QED) is 0.400. The molecule has 11 heteroatoms. The molecule has 0 radical (unpaired) electrons. The fourth-order valence-electron chi connectivity index (χ4n) is 5.29. The Morgan fingerprint density at radius 1 is 0.889 bits per heavy atom. The maximum absolute atomic E-state index is 14.1. The third-order valence-corrected chi connectivity index (χ3v) is 9.06. The van der Waals surface area contributed by atoms with E-state index in [4.69, 9.17) is 9.47 Å². The third-order valence-electron chi connectivity index (χ3n) is 9.06. The number of esters is 1. The van der Waals surface area contributed by atoms with Crippen LogP contribution in [0.1, 0.15) is 79.7 Å². The van der Waals surface area contributed by atoms with E-state index in [1.165, 1.54) is 23.9 Å². The van der Waals surface area contributed by atoms with Crippen LogP contribution in [0.25, 0.3) is 0 Å². The summed E-state index contributed by atoms with van der Waals surface area (Å²) in [6, 6.07) is 3.75. The normalized spacial score (nSPS) is 26.8. The molecule has 4 amide bonds. The van der Waals surface area contributed by atoms with Crippen LogP contribution in [-0.4, -0.2) is 90.9 Å². The lowest BCUT2D eigenvalue weighted by atomic mass is 9.94. The zero-order chi connectivity index (χ0) is 34.0. The van der Waals surface area contributed by atoms with Crippen LogP contribution in [0.4, 0.5) is 0 Å². The van der Waals surface area contributed by atoms with Gasteiger partial charge in [-0.1, -0.05) is 59.6 Å². The Morgan fingerprint density at radius 3 is 2.04 bits per heavy atom. The number of hydrogen-bond acceptors (Lipinski definition) is 7. The van der Waals surface area contributed by atoms with Crippen molar-refractivity contribution < 1.29 is 33.4 Å². The topological polar surface area (TPSA) is 134 Å². The molecule has 11 nitrogen and oxygen atoms in total. The third kappa shape index (κ3) is 9.68. The van der Waals surface area contributed by atoms with E-state index in [1.54, 1.807) is 33.1 Å². The number of hydrogen-bond donors (Lipinski definition) is 2. The summed E-state index contributed by atoms with van der Waals surface area (Å²) in [5, 5.41) is 5.84. The highest BCUT2D eigenvalue weighted by Crippen LogP contribution is 2.23. The number of nitrogens with one attached hydrogen (secondary N) is 2. The first-order chi connectivity index (χ1) is 21.2. The molecule has 2 N–H and O–H groups in total. The van der Waals surface area contributed by atoms with E-state index >= 15 is 0 Å². The molecule has 7 atom stereocenters. The fraction of sp³-hybridized carbons (Fsp3) is 0.676. The molecule has 252 valence electrons. The standard InChI is InChI=1S/C34H54N4O7/c1-11-13-14-26-22(6)34(43)45-29(21(5)12-2)33(42)38(9)27(19-24-15-17-25(44-10)18-16-24)31(40)36-28(20(3)4)32(41)37(8)23(7)30(39)35-26/h15-18,20-23,26-29H,11-14,19H2,1-10H3,(H,35,39)(H,36,40)/t21-,22+,23-,26-,27-,28-,29+/m0/s1. The van der Waals surface area contributed by atoms with Crippen LogP contribution in [0, 0.1) is 17.8 Å². The van der Waals surface area contributed by atoms with Gasteiger partial charge in [0.05, 0.1) is 13.0 Å². The molecular weight excluding hydrogens is 576 g/mol. The smallest absolute Gasteiger partial charge is 0.311 e. The number of unbranched alkanes of at least 4 members (excludes halogenated alkanes) is 1. The Kier molecular flexibility index (Phi) is 14.3. The molecular formula is C34H54N4O7. The number of benzene rings is 1. The molecule has 1 aromatic carbocycles. The van der Waals surface area contributed by atoms with Gasteiger partial charge < -0.3 is 29.9 Å². The highest BCUT2D eigenvalue weighted by molar-refractivity contribution is 5.95. The number of cyclic esters (lactones) is 1. The van der Waals surface area contributed by atoms with Gasteiger partial charge >= 0.3 is 5.97 Å². The van der Waals surface area contributed by atoms with Gasteiger partial charge in [0.25, 0.3) is 5.91 Å². The summed E-state index contributed by atoms with van der Waals surface area (Å²) >= 11 is 0. The zero-order valence-corrected chi connectivity index (χ0v) is 28.7. The van der Waals surface area contributed by atoms with Gasteiger partial charge in [-0.15, -0.1) is 0 Å². The predicted octanol–water partition coefficient (Wildman–Crippen LogP) is 3.34. The summed E-state index contributed by atoms with van der Waals surface area (Å²) in [6.07, 6.45) is 1.68. The second kappa shape index (κ2) is 17.2. The highest BCUT2D eigenvalue weighted by Gasteiger charge is 2.40. The highest BCUT2D eigenvalue weighted by atomic mass is 16.5. The van der Waals surface area contributed by atoms with Crippen molar-refractivity contribution in [3.63, 3.8) is 0 Å². The van der Waals surface area contributed by atoms with E-state index in [2.05, 4.69) is 10.6 Å². The van der Waals surface area contributed by atoms with Crippen molar-refractivity contribution in [1.29, 1.82) is 0 Å². The van der Waals surface area contributed by atoms with Crippen molar-refractivity contribution in [2.24, 2.45) is 17.8 Å². The minimum atomic E-state index is -1.15. The summed E-state index contributed by atoms with van der Waals surface area (Å²) in [5.74, 6) is -3.27. The Morgan fingerprint density at radius 2 is 1.51 bits per heavy atom. The molecule has 0 bridgehead atoms. The van der Waals surface area contributed by atoms with Gasteiger partial charge in [-0.05, 0) is 50.3 Å². The molecule has 45 heavy (non-hydrogen) atoms. The molecule has 0 aromatic heterocycles. The van der Waals surface area contributed by atoms with E-state index in [0.717, 1.165) is 18.4 Å². The van der Waals surface area contributed by atoms with Gasteiger partial charge in [-0.25, -0.2) is 0 Å². The van der Waals surface area contributed by atoms with Gasteiger partial charge in [0.2, 0.25) is 17.7 Å². The molecule has 1 saturated heterocycles. The van der Waals surface area contributed by atoms with Crippen LogP contribution < -0.4 is 15.4 Å². The van der Waals surface area contributed by atoms with E-state index < -0.39 is 65.8 Å². The van der Waals surface area contributed by atoms with E-state index in [9.17, 15) is 24.0 Å². The van der Waals surface area contributed by atoms with Crippen LogP contribution in [0.15, 0.2) is 24.3 Å². The van der Waals surface area contributed by atoms with Crippen LogP contribution in [-0.2, 0) is 35.1 Å². The summed E-state index contributed by atoms with van der Waals surface area (Å²) < 4.78 is 11.2. The van der Waals surface area contributed by atoms with E-state index in [-0.39, 0.29) is 18.3 Å². The summed E-state index contributed by atoms with van der Waals surface area (Å²) in [7, 11) is 4.61. The van der Waals surface area contributed by atoms with Gasteiger partial charge in [0.1, 0.15) is 23.9 Å². The second-order valence-electron chi connectivity index (χ2n) is 12.7. The van der Waals surface area contributed by atoms with Gasteiger partial charge in [-0.3, -0.25) is 24.0 Å². The molecule has 0 unspecified atom stereocenters. The van der Waals surface area contributed by atoms with Crippen LogP contribution in [0.3, 0.4) is 0 Å². The molecule has 0 spiro atoms. The second-order valence-corrected chi connectivity index (χ2v) is 12.7. The lowest BCUT2D eigenvalue weighted by Crippen LogP contribution is -2.60. The molecule has 1 aliphatic rings. The maximum atomic E-state index is 14.1. The molecule has 1 fully saturated rings. The Balaban J connectivity index is 2.66. The SMILES string of the molecule is CCCC[C@@H]1NC(=O)[C@H](C)N(C)C(=O)[C@H](C(C)C)NC(=O)[C@H](Cc2ccc(OC)cc2)N(C)C(=O)[C@@H]([C@@H](C)CC)OC(=O)[C@@H]1C. The number of amides is 4. The monoisotopic (exact) mass is 630 g/mol. The zero-order valence-electron chi connectivity index (χ0n) is 28.7. The fourth-order valence-corrected chi connectivity index (χ4v) is 5.29. The molecule has 1 aliphatic heterocycles. The summed E-state index contributed by atoms with van der Waals surface area (Å²) in [5.41, 5.74) is 0.768. The molecule has 1 aromatic rings. The average Bonchev–Trinajstić information content (AvgIpc) is 3.03. The largest absolute Gasteiger partial charge is 0.497 e. The van der Waals surface area contributed by atoms with E-state index in [1.807, 2.05) is 46.8 Å². The lowest BCUT2D eigenvalue weighted by molar-refractivity contribution is -0.168. The number of ether oxygens (including phenoxy) is 2. The molecule has 2 rings (SSSR count). The Labute approximate surface area is 268 Å². The number of carbonyl (C=O) groups is 5. The average molecular weight is 631 g/mol. The van der Waals surface area contributed by atoms with E-state index in [0.29, 0.717) is 18.6 Å². The number of likely N-dealkylation sites (N-methyl/N-ethyl adjacent to an activating group) is 2. The van der Waals surface area contributed by atoms with Gasteiger partial charge in [-0.2, -0.15) is 0 Å². The lowest BCUT2D eigenvalue weighted by Gasteiger charge is -2.36. The van der Waals surface area contributed by atoms with Crippen molar-refractivity contribution in [3.05, 3.63) is 29.8 Å². The first-order valence-electron chi connectivity index (χ1n) is 16.2. The Hall–Kier alpha value is -3.63. The summed E-state index contributed by atoms with van der Waals surface area (Å²) in [4.78, 5) is 71.6. The predicted molar refractivity (Wildman–Crippen MR) is 172 cm³/mol. The number of nitrogens with zero attached hydrogens (tertiary/aromatic N) is 2. The first kappa shape index (κ1) is 37.6. The van der Waals surface area contributed by atoms with Crippen molar-refractivity contribution in [3.8, 4) is 5.75 Å². The van der Waals surface area contributed by atoms with Crippen molar-refractivity contribution in [2.45, 2.75) is 111 Å². The van der Waals surface area contributed by atoms with Crippen LogP contribution in [0.5, 0.6) is 5.75 Å². The Bertz CT molecular complexity index is 1170. The van der Waals surface area contributed by atoms with Crippen molar-refractivity contribution >= 4 is 29.6 Å². The maximum Gasteiger partial charge on any atom is 0.311 e. The molecule has 1 heterocycles. The van der Waals surface area contributed by atoms with Crippen molar-refractivity contribution in [1.82, 2.24) is 20.4 Å². The number of carbonyl (C=O) groups excluding carboxylic acids is 5. The molecule has 0 aliphatic carbocycles. The summed E-state index contributed by atoms with van der Waals surface area (Å²) in [6.45, 7) is 12.7. The van der Waals surface area contributed by atoms with Gasteiger partial charge in [0, 0.05) is 32.5 Å². The number of methoxy groups -OCH3 is 1. The van der Waals surface area contributed by atoms with Crippen LogP contribution >= 0.6 is 0 Å².